The van der Waals surface area contributed by atoms with Crippen LogP contribution in [-0.2, 0) is 16.0 Å². The Bertz CT molecular complexity index is 1140. The van der Waals surface area contributed by atoms with Crippen LogP contribution in [0.15, 0.2) is 52.9 Å². The number of ketones is 2. The van der Waals surface area contributed by atoms with E-state index in [1.807, 2.05) is 48.5 Å². The molecule has 0 N–H and O–H groups in total. The fourth-order valence-electron chi connectivity index (χ4n) is 5.37. The first kappa shape index (κ1) is 21.1. The highest BCUT2D eigenvalue weighted by Crippen LogP contribution is 2.36. The molecule has 32 heavy (non-hydrogen) atoms. The molecule has 1 aromatic heterocycles. The zero-order valence-corrected chi connectivity index (χ0v) is 18.5. The number of benzene rings is 2. The highest BCUT2D eigenvalue weighted by molar-refractivity contribution is 6.01. The van der Waals surface area contributed by atoms with Crippen LogP contribution in [0, 0.1) is 11.8 Å². The van der Waals surface area contributed by atoms with Gasteiger partial charge in [0.2, 0.25) is 0 Å². The number of carbonyl (C=O) groups excluding carboxylic acids is 2. The highest BCUT2D eigenvalue weighted by atomic mass is 16.5. The maximum Gasteiger partial charge on any atom is 0.198 e. The van der Waals surface area contributed by atoms with E-state index in [4.69, 9.17) is 9.15 Å². The largest absolute Gasteiger partial charge is 0.452 e. The van der Waals surface area contributed by atoms with Crippen molar-refractivity contribution in [3.63, 3.8) is 0 Å². The summed E-state index contributed by atoms with van der Waals surface area (Å²) in [6.07, 6.45) is 3.32. The molecule has 0 spiro atoms. The van der Waals surface area contributed by atoms with E-state index in [1.165, 1.54) is 33.0 Å². The first-order valence-electron chi connectivity index (χ1n) is 11.5. The van der Waals surface area contributed by atoms with Crippen LogP contribution in [0.25, 0.3) is 22.1 Å². The molecule has 0 saturated carbocycles. The van der Waals surface area contributed by atoms with Crippen molar-refractivity contribution in [3.8, 4) is 11.1 Å². The van der Waals surface area contributed by atoms with Gasteiger partial charge in [0, 0.05) is 37.4 Å². The molecule has 3 aromatic rings. The first-order chi connectivity index (χ1) is 15.6. The van der Waals surface area contributed by atoms with E-state index in [0.29, 0.717) is 30.4 Å². The van der Waals surface area contributed by atoms with Crippen molar-refractivity contribution in [2.45, 2.75) is 25.7 Å². The third kappa shape index (κ3) is 4.27. The number of carbonyl (C=O) groups is 2. The molecule has 0 radical (unpaired) electrons. The lowest BCUT2D eigenvalue weighted by atomic mass is 9.76. The zero-order valence-electron chi connectivity index (χ0n) is 18.5. The maximum absolute atomic E-state index is 13.1. The van der Waals surface area contributed by atoms with Gasteiger partial charge in [-0.1, -0.05) is 42.5 Å². The Hall–Kier alpha value is -2.76. The van der Waals surface area contributed by atoms with Gasteiger partial charge in [0.05, 0.1) is 0 Å². The number of hydrogen-bond acceptors (Lipinski definition) is 5. The fourth-order valence-corrected chi connectivity index (χ4v) is 5.37. The second kappa shape index (κ2) is 9.00. The minimum atomic E-state index is 0.0430. The number of hydrogen-bond donors (Lipinski definition) is 0. The molecule has 4 heterocycles. The lowest BCUT2D eigenvalue weighted by molar-refractivity contribution is -0.121. The Balaban J connectivity index is 1.39. The first-order valence-corrected chi connectivity index (χ1v) is 11.5. The average molecular weight is 432 g/mol. The average Bonchev–Trinajstić information content (AvgIpc) is 3.25. The van der Waals surface area contributed by atoms with E-state index >= 15 is 0 Å². The molecular weight excluding hydrogens is 402 g/mol. The normalized spacial score (nSPS) is 22.3. The summed E-state index contributed by atoms with van der Waals surface area (Å²) >= 11 is 0. The van der Waals surface area contributed by atoms with Gasteiger partial charge in [-0.15, -0.1) is 0 Å². The summed E-state index contributed by atoms with van der Waals surface area (Å²) in [4.78, 5) is 27.5. The Morgan fingerprint density at radius 3 is 2.66 bits per heavy atom. The van der Waals surface area contributed by atoms with Gasteiger partial charge in [0.15, 0.2) is 17.3 Å². The topological polar surface area (TPSA) is 59.8 Å². The Morgan fingerprint density at radius 2 is 1.91 bits per heavy atom. The molecule has 0 aliphatic carbocycles. The van der Waals surface area contributed by atoms with Crippen LogP contribution in [-0.4, -0.2) is 49.8 Å². The van der Waals surface area contributed by atoms with Crippen LogP contribution in [0.2, 0.25) is 0 Å². The summed E-state index contributed by atoms with van der Waals surface area (Å²) in [6, 6.07) is 15.8. The van der Waals surface area contributed by atoms with Gasteiger partial charge in [-0.2, -0.15) is 0 Å². The molecule has 166 valence electrons. The quantitative estimate of drug-likeness (QED) is 0.481. The molecule has 1 atom stereocenters. The highest BCUT2D eigenvalue weighted by Gasteiger charge is 2.35. The van der Waals surface area contributed by atoms with E-state index < -0.39 is 0 Å². The van der Waals surface area contributed by atoms with Gasteiger partial charge >= 0.3 is 0 Å². The van der Waals surface area contributed by atoms with Crippen molar-refractivity contribution in [2.24, 2.45) is 11.8 Å². The van der Waals surface area contributed by atoms with E-state index in [9.17, 15) is 9.59 Å². The molecule has 6 rings (SSSR count). The van der Waals surface area contributed by atoms with Crippen molar-refractivity contribution in [1.29, 1.82) is 0 Å². The molecule has 0 unspecified atom stereocenters. The smallest absolute Gasteiger partial charge is 0.198 e. The number of nitrogens with zero attached hydrogens (tertiary/aromatic N) is 1. The molecule has 5 heteroatoms. The third-order valence-corrected chi connectivity index (χ3v) is 7.00. The molecule has 3 aliphatic heterocycles. The summed E-state index contributed by atoms with van der Waals surface area (Å²) < 4.78 is 11.1. The van der Waals surface area contributed by atoms with Crippen LogP contribution in [0.4, 0.5) is 0 Å². The molecule has 3 aliphatic rings. The van der Waals surface area contributed by atoms with Crippen molar-refractivity contribution < 1.29 is 18.7 Å². The molecule has 2 aromatic carbocycles. The van der Waals surface area contributed by atoms with Crippen LogP contribution in [0.5, 0.6) is 0 Å². The van der Waals surface area contributed by atoms with Crippen molar-refractivity contribution >= 4 is 22.5 Å². The van der Waals surface area contributed by atoms with Crippen LogP contribution >= 0.6 is 0 Å². The van der Waals surface area contributed by atoms with E-state index in [-0.39, 0.29) is 18.2 Å². The Morgan fingerprint density at radius 1 is 1.09 bits per heavy atom. The second-order valence-electron chi connectivity index (χ2n) is 9.21. The van der Waals surface area contributed by atoms with Crippen molar-refractivity contribution in [2.75, 3.05) is 33.4 Å². The summed E-state index contributed by atoms with van der Waals surface area (Å²) in [5.74, 6) is 1.72. The number of fused-ring (bicyclic) bond motifs is 4. The van der Waals surface area contributed by atoms with E-state index in [2.05, 4.69) is 4.90 Å². The molecular formula is C27H29NO4. The predicted octanol–water partition coefficient (Wildman–Crippen LogP) is 4.77. The number of furan rings is 1. The van der Waals surface area contributed by atoms with Gasteiger partial charge in [-0.3, -0.25) is 9.59 Å². The monoisotopic (exact) mass is 431 g/mol. The second-order valence-corrected chi connectivity index (χ2v) is 9.21. The predicted molar refractivity (Wildman–Crippen MR) is 124 cm³/mol. The molecule has 3 fully saturated rings. The molecule has 3 saturated heterocycles. The third-order valence-electron chi connectivity index (χ3n) is 7.00. The van der Waals surface area contributed by atoms with Crippen molar-refractivity contribution in [3.05, 3.63) is 59.9 Å². The SMILES string of the molecule is COCC(=O)Cc1cccc(-c2cccc3cc(C(=O)C[C@H]4CN5CCC4CC5)oc23)c1. The number of rotatable bonds is 8. The Labute approximate surface area is 188 Å². The summed E-state index contributed by atoms with van der Waals surface area (Å²) in [6.45, 7) is 3.51. The number of methoxy groups -OCH3 is 1. The minimum Gasteiger partial charge on any atom is -0.452 e. The number of piperidine rings is 3. The van der Waals surface area contributed by atoms with Crippen LogP contribution in [0.3, 0.4) is 0 Å². The summed E-state index contributed by atoms with van der Waals surface area (Å²) in [7, 11) is 1.53. The number of ether oxygens (including phenoxy) is 1. The zero-order chi connectivity index (χ0) is 22.1. The Kier molecular flexibility index (Phi) is 5.94. The standard InChI is InChI=1S/C27H29NO4/c1-31-17-23(29)13-18-4-2-5-20(12-18)24-7-3-6-21-15-26(32-27(21)24)25(30)14-22-16-28-10-8-19(22)9-11-28/h2-7,12,15,19,22H,8-11,13-14,16-17H2,1H3/t22-/m0/s1. The minimum absolute atomic E-state index is 0.0430. The summed E-state index contributed by atoms with van der Waals surface area (Å²) in [5, 5.41) is 0.931. The molecule has 0 amide bonds. The lowest BCUT2D eigenvalue weighted by Gasteiger charge is -2.44. The van der Waals surface area contributed by atoms with Gasteiger partial charge in [-0.05, 0) is 55.0 Å². The van der Waals surface area contributed by atoms with Gasteiger partial charge < -0.3 is 14.1 Å². The van der Waals surface area contributed by atoms with Crippen LogP contribution < -0.4 is 0 Å². The molecule has 5 nitrogen and oxygen atoms in total. The number of para-hydroxylation sites is 1. The van der Waals surface area contributed by atoms with Crippen LogP contribution in [0.1, 0.15) is 35.4 Å². The van der Waals surface area contributed by atoms with Crippen molar-refractivity contribution in [1.82, 2.24) is 4.90 Å². The van der Waals surface area contributed by atoms with Gasteiger partial charge in [0.1, 0.15) is 12.2 Å². The van der Waals surface area contributed by atoms with Gasteiger partial charge in [-0.25, -0.2) is 0 Å². The fraction of sp³-hybridized carbons (Fsp3) is 0.407. The van der Waals surface area contributed by atoms with Gasteiger partial charge in [0.25, 0.3) is 0 Å². The summed E-state index contributed by atoms with van der Waals surface area (Å²) in [5.41, 5.74) is 3.58. The van der Waals surface area contributed by atoms with E-state index in [0.717, 1.165) is 34.2 Å². The number of Topliss-reactive ketones (excluding diaryl/α,β-unsaturated/α-hetero) is 2. The van der Waals surface area contributed by atoms with E-state index in [1.54, 1.807) is 0 Å². The maximum atomic E-state index is 13.1. The molecule has 2 bridgehead atoms. The lowest BCUT2D eigenvalue weighted by Crippen LogP contribution is -2.47.